The summed E-state index contributed by atoms with van der Waals surface area (Å²) in [5.74, 6) is 1.75. The molecule has 0 heteroatoms. The molecular weight excluding hydrogens is 180 g/mol. The zero-order valence-corrected chi connectivity index (χ0v) is 10.4. The van der Waals surface area contributed by atoms with Gasteiger partial charge < -0.3 is 0 Å². The van der Waals surface area contributed by atoms with Crippen molar-refractivity contribution in [3.05, 3.63) is 35.4 Å². The fourth-order valence-corrected chi connectivity index (χ4v) is 2.44. The topological polar surface area (TPSA) is 0 Å². The van der Waals surface area contributed by atoms with Crippen molar-refractivity contribution < 1.29 is 0 Å². The van der Waals surface area contributed by atoms with Gasteiger partial charge in [0.15, 0.2) is 0 Å². The van der Waals surface area contributed by atoms with E-state index in [1.165, 1.54) is 18.4 Å². The smallest absolute Gasteiger partial charge is 0.0156 e. The number of rotatable bonds is 1. The van der Waals surface area contributed by atoms with Crippen LogP contribution in [0.3, 0.4) is 0 Å². The van der Waals surface area contributed by atoms with Crippen LogP contribution < -0.4 is 0 Å². The minimum absolute atomic E-state index is 0.501. The van der Waals surface area contributed by atoms with Crippen LogP contribution in [-0.2, 0) is 0 Å². The van der Waals surface area contributed by atoms with Crippen LogP contribution in [0.15, 0.2) is 24.3 Å². The Morgan fingerprint density at radius 3 is 2.00 bits per heavy atom. The van der Waals surface area contributed by atoms with Gasteiger partial charge in [0.05, 0.1) is 0 Å². The van der Waals surface area contributed by atoms with Crippen LogP contribution in [0.1, 0.15) is 50.7 Å². The van der Waals surface area contributed by atoms with Gasteiger partial charge in [-0.05, 0) is 42.6 Å². The number of hydrogen-bond donors (Lipinski definition) is 0. The molecule has 0 bridgehead atoms. The molecule has 0 nitrogen and oxygen atoms in total. The van der Waals surface area contributed by atoms with E-state index in [1.807, 2.05) is 0 Å². The van der Waals surface area contributed by atoms with Crippen LogP contribution in [0.2, 0.25) is 0 Å². The Bertz CT molecular complexity index is 320. The predicted molar refractivity (Wildman–Crippen MR) is 66.1 cm³/mol. The minimum Gasteiger partial charge on any atom is -0.0599 e. The maximum absolute atomic E-state index is 2.36. The first-order valence-electron chi connectivity index (χ1n) is 6.03. The molecule has 0 aromatic heterocycles. The molecule has 1 aliphatic carbocycles. The average molecular weight is 202 g/mol. The Morgan fingerprint density at radius 1 is 1.00 bits per heavy atom. The van der Waals surface area contributed by atoms with Crippen LogP contribution >= 0.6 is 0 Å². The Hall–Kier alpha value is -0.780. The predicted octanol–water partition coefficient (Wildman–Crippen LogP) is 4.53. The van der Waals surface area contributed by atoms with Crippen molar-refractivity contribution in [1.29, 1.82) is 0 Å². The summed E-state index contributed by atoms with van der Waals surface area (Å²) >= 11 is 0. The third-order valence-electron chi connectivity index (χ3n) is 3.91. The van der Waals surface area contributed by atoms with Gasteiger partial charge in [0.1, 0.15) is 0 Å². The summed E-state index contributed by atoms with van der Waals surface area (Å²) in [7, 11) is 0. The maximum atomic E-state index is 2.36. The van der Waals surface area contributed by atoms with E-state index in [2.05, 4.69) is 52.0 Å². The van der Waals surface area contributed by atoms with E-state index in [-0.39, 0.29) is 0 Å². The van der Waals surface area contributed by atoms with Gasteiger partial charge in [-0.3, -0.25) is 0 Å². The molecule has 1 aromatic carbocycles. The molecule has 1 fully saturated rings. The molecule has 0 saturated heterocycles. The van der Waals surface area contributed by atoms with Crippen LogP contribution in [0.4, 0.5) is 0 Å². The Balaban J connectivity index is 1.98. The lowest BCUT2D eigenvalue weighted by Gasteiger charge is -2.44. The molecule has 0 atom stereocenters. The maximum Gasteiger partial charge on any atom is -0.0156 e. The third kappa shape index (κ3) is 2.25. The van der Waals surface area contributed by atoms with E-state index in [1.54, 1.807) is 5.56 Å². The van der Waals surface area contributed by atoms with Crippen LogP contribution in [-0.4, -0.2) is 0 Å². The van der Waals surface area contributed by atoms with Gasteiger partial charge in [-0.25, -0.2) is 0 Å². The van der Waals surface area contributed by atoms with Gasteiger partial charge in [0.2, 0.25) is 0 Å². The molecular formula is C15H22. The van der Waals surface area contributed by atoms with Gasteiger partial charge in [-0.1, -0.05) is 50.6 Å². The quantitative estimate of drug-likeness (QED) is 0.627. The lowest BCUT2D eigenvalue weighted by Crippen LogP contribution is -2.32. The molecule has 1 aliphatic rings. The van der Waals surface area contributed by atoms with Gasteiger partial charge in [0.25, 0.3) is 0 Å². The van der Waals surface area contributed by atoms with Crippen molar-refractivity contribution in [3.8, 4) is 0 Å². The van der Waals surface area contributed by atoms with Crippen LogP contribution in [0, 0.1) is 18.3 Å². The van der Waals surface area contributed by atoms with Gasteiger partial charge in [0, 0.05) is 0 Å². The summed E-state index contributed by atoms with van der Waals surface area (Å²) in [6.45, 7) is 9.25. The highest BCUT2D eigenvalue weighted by Gasteiger charge is 2.37. The molecule has 0 N–H and O–H groups in total. The Morgan fingerprint density at radius 2 is 1.53 bits per heavy atom. The van der Waals surface area contributed by atoms with Gasteiger partial charge >= 0.3 is 0 Å². The number of benzene rings is 1. The fourth-order valence-electron chi connectivity index (χ4n) is 2.44. The summed E-state index contributed by atoms with van der Waals surface area (Å²) in [4.78, 5) is 0. The molecule has 0 radical (unpaired) electrons. The second kappa shape index (κ2) is 3.66. The molecule has 1 aromatic rings. The summed E-state index contributed by atoms with van der Waals surface area (Å²) in [6.07, 6.45) is 2.76. The largest absolute Gasteiger partial charge is 0.0599 e. The molecule has 82 valence electrons. The highest BCUT2D eigenvalue weighted by Crippen LogP contribution is 2.49. The second-order valence-corrected chi connectivity index (χ2v) is 6.14. The van der Waals surface area contributed by atoms with Crippen molar-refractivity contribution in [2.75, 3.05) is 0 Å². The summed E-state index contributed by atoms with van der Waals surface area (Å²) in [5, 5.41) is 0. The summed E-state index contributed by atoms with van der Waals surface area (Å²) in [6, 6.07) is 9.08. The van der Waals surface area contributed by atoms with E-state index < -0.39 is 0 Å². The third-order valence-corrected chi connectivity index (χ3v) is 3.91. The van der Waals surface area contributed by atoms with E-state index in [4.69, 9.17) is 0 Å². The summed E-state index contributed by atoms with van der Waals surface area (Å²) < 4.78 is 0. The molecule has 0 spiro atoms. The zero-order valence-electron chi connectivity index (χ0n) is 10.4. The highest BCUT2D eigenvalue weighted by atomic mass is 14.4. The molecule has 0 heterocycles. The van der Waals surface area contributed by atoms with E-state index >= 15 is 0 Å². The molecule has 0 unspecified atom stereocenters. The van der Waals surface area contributed by atoms with Crippen molar-refractivity contribution in [1.82, 2.24) is 0 Å². The fraction of sp³-hybridized carbons (Fsp3) is 0.600. The second-order valence-electron chi connectivity index (χ2n) is 6.14. The SMILES string of the molecule is Cc1ccc(C2CC(C(C)(C)C)C2)cc1. The van der Waals surface area contributed by atoms with E-state index in [0.717, 1.165) is 11.8 Å². The first-order chi connectivity index (χ1) is 6.97. The van der Waals surface area contributed by atoms with Gasteiger partial charge in [-0.2, -0.15) is 0 Å². The normalized spacial score (nSPS) is 26.1. The van der Waals surface area contributed by atoms with Crippen molar-refractivity contribution in [2.45, 2.75) is 46.5 Å². The summed E-state index contributed by atoms with van der Waals surface area (Å²) in [5.41, 5.74) is 3.41. The van der Waals surface area contributed by atoms with E-state index in [0.29, 0.717) is 5.41 Å². The van der Waals surface area contributed by atoms with Crippen molar-refractivity contribution in [3.63, 3.8) is 0 Å². The Labute approximate surface area is 93.7 Å². The monoisotopic (exact) mass is 202 g/mol. The first kappa shape index (κ1) is 10.7. The lowest BCUT2D eigenvalue weighted by molar-refractivity contribution is 0.115. The standard InChI is InChI=1S/C15H22/c1-11-5-7-12(8-6-11)13-9-14(10-13)15(2,3)4/h5-8,13-14H,9-10H2,1-4H3. The van der Waals surface area contributed by atoms with Crippen molar-refractivity contribution in [2.24, 2.45) is 11.3 Å². The number of aryl methyl sites for hydroxylation is 1. The highest BCUT2D eigenvalue weighted by molar-refractivity contribution is 5.26. The van der Waals surface area contributed by atoms with Crippen LogP contribution in [0.25, 0.3) is 0 Å². The lowest BCUT2D eigenvalue weighted by atomic mass is 9.61. The average Bonchev–Trinajstić information content (AvgIpc) is 2.03. The molecule has 1 saturated carbocycles. The molecule has 2 rings (SSSR count). The zero-order chi connectivity index (χ0) is 11.1. The van der Waals surface area contributed by atoms with Crippen LogP contribution in [0.5, 0.6) is 0 Å². The van der Waals surface area contributed by atoms with Crippen molar-refractivity contribution >= 4 is 0 Å². The molecule has 0 aliphatic heterocycles. The first-order valence-corrected chi connectivity index (χ1v) is 6.03. The van der Waals surface area contributed by atoms with Gasteiger partial charge in [-0.15, -0.1) is 0 Å². The molecule has 15 heavy (non-hydrogen) atoms. The minimum atomic E-state index is 0.501. The van der Waals surface area contributed by atoms with E-state index in [9.17, 15) is 0 Å². The molecule has 0 amide bonds. The number of hydrogen-bond acceptors (Lipinski definition) is 0. The Kier molecular flexibility index (Phi) is 2.62.